The van der Waals surface area contributed by atoms with E-state index >= 15 is 0 Å². The van der Waals surface area contributed by atoms with Crippen molar-refractivity contribution in [2.75, 3.05) is 23.8 Å². The largest absolute Gasteiger partial charge is 0.494 e. The van der Waals surface area contributed by atoms with Crippen molar-refractivity contribution in [2.45, 2.75) is 114 Å². The number of carbonyl (C=O) groups is 5. The first-order chi connectivity index (χ1) is 27.6. The molecule has 2 fully saturated rings. The van der Waals surface area contributed by atoms with Gasteiger partial charge in [-0.15, -0.1) is 0 Å². The number of fused-ring (bicyclic) bond motifs is 2. The van der Waals surface area contributed by atoms with Gasteiger partial charge in [0.15, 0.2) is 5.82 Å². The Kier molecular flexibility index (Phi) is 14.7. The highest BCUT2D eigenvalue weighted by Crippen LogP contribution is 2.41. The zero-order valence-corrected chi connectivity index (χ0v) is 33.6. The molecule has 57 heavy (non-hydrogen) atoms. The lowest BCUT2D eigenvalue weighted by Crippen LogP contribution is -2.30. The van der Waals surface area contributed by atoms with Gasteiger partial charge in [0.05, 0.1) is 24.8 Å². The Hall–Kier alpha value is -4.82. The second kappa shape index (κ2) is 20.0. The highest BCUT2D eigenvalue weighted by molar-refractivity contribution is 8.00. The van der Waals surface area contributed by atoms with Gasteiger partial charge in [0.2, 0.25) is 11.8 Å². The van der Waals surface area contributed by atoms with Gasteiger partial charge in [-0.05, 0) is 75.1 Å². The number of hydrogen-bond donors (Lipinski definition) is 4. The van der Waals surface area contributed by atoms with E-state index in [1.165, 1.54) is 4.90 Å². The van der Waals surface area contributed by atoms with E-state index in [0.717, 1.165) is 76.4 Å². The lowest BCUT2D eigenvalue weighted by atomic mass is 9.93. The van der Waals surface area contributed by atoms with Gasteiger partial charge < -0.3 is 26.8 Å². The molecular formula is C43H55N7O6S. The van der Waals surface area contributed by atoms with Crippen LogP contribution in [0.4, 0.5) is 11.5 Å². The number of benzene rings is 2. The molecule has 6 N–H and O–H groups in total. The molecule has 3 aliphatic rings. The molecule has 2 aromatic carbocycles. The fraction of sp³-hybridized carbons (Fsp3) is 0.512. The number of nitrogens with one attached hydrogen (secondary N) is 2. The predicted octanol–water partition coefficient (Wildman–Crippen LogP) is 5.79. The standard InChI is InChI=1S/C43H55N7O6S/c1-2-56-30-20-18-27(19-21-30)41-48-39(40(45)54)32-25-38(53)50(42(32)49-41)29-14-12-13-28(23-29)43(55)46-22-11-7-5-3-4-6-8-15-33(44)35(51)16-9-10-17-36-31-24-37(52)47-34(31)26-57-36/h12-14,18-21,23,31,33-34,36H,2-11,15-17,22,24-26,44H2,1H3,(H2,45,54)(H,46,55)(H,47,52)/t31-,33?,34-,36-/m0/s1. The fourth-order valence-corrected chi connectivity index (χ4v) is 9.67. The van der Waals surface area contributed by atoms with Crippen LogP contribution in [-0.4, -0.2) is 75.6 Å². The summed E-state index contributed by atoms with van der Waals surface area (Å²) < 4.78 is 5.53. The van der Waals surface area contributed by atoms with E-state index in [1.54, 1.807) is 48.5 Å². The number of aromatic nitrogens is 2. The quantitative estimate of drug-likeness (QED) is 0.0903. The second-order valence-electron chi connectivity index (χ2n) is 15.2. The normalized spacial score (nSPS) is 18.9. The molecule has 14 heteroatoms. The average Bonchev–Trinajstić information content (AvgIpc) is 3.87. The number of thioether (sulfide) groups is 1. The summed E-state index contributed by atoms with van der Waals surface area (Å²) in [4.78, 5) is 73.6. The third kappa shape index (κ3) is 10.8. The molecule has 4 atom stereocenters. The van der Waals surface area contributed by atoms with Crippen molar-refractivity contribution in [3.05, 3.63) is 65.4 Å². The number of Topliss-reactive ketones (excluding diaryl/α,β-unsaturated/α-hetero) is 1. The van der Waals surface area contributed by atoms with E-state index in [9.17, 15) is 24.0 Å². The molecule has 1 unspecified atom stereocenters. The Bertz CT molecular complexity index is 1920. The van der Waals surface area contributed by atoms with E-state index in [0.29, 0.717) is 71.3 Å². The lowest BCUT2D eigenvalue weighted by Gasteiger charge is -2.18. The van der Waals surface area contributed by atoms with Crippen LogP contribution in [0, 0.1) is 5.92 Å². The summed E-state index contributed by atoms with van der Waals surface area (Å²) in [6.45, 7) is 2.95. The highest BCUT2D eigenvalue weighted by atomic mass is 32.2. The van der Waals surface area contributed by atoms with Gasteiger partial charge in [-0.3, -0.25) is 28.9 Å². The molecule has 0 spiro atoms. The van der Waals surface area contributed by atoms with Crippen LogP contribution < -0.4 is 31.7 Å². The number of rotatable bonds is 22. The van der Waals surface area contributed by atoms with Gasteiger partial charge >= 0.3 is 0 Å². The fourth-order valence-electron chi connectivity index (χ4n) is 8.02. The van der Waals surface area contributed by atoms with E-state index in [1.807, 2.05) is 18.7 Å². The van der Waals surface area contributed by atoms with Crippen LogP contribution in [0.5, 0.6) is 5.75 Å². The van der Waals surface area contributed by atoms with Crippen molar-refractivity contribution in [2.24, 2.45) is 17.4 Å². The number of unbranched alkanes of at least 4 members (excludes halogenated alkanes) is 7. The summed E-state index contributed by atoms with van der Waals surface area (Å²) in [5.74, 6) is 1.70. The van der Waals surface area contributed by atoms with Gasteiger partial charge in [-0.25, -0.2) is 9.97 Å². The minimum Gasteiger partial charge on any atom is -0.494 e. The molecule has 0 saturated carbocycles. The monoisotopic (exact) mass is 797 g/mol. The van der Waals surface area contributed by atoms with Crippen LogP contribution in [0.1, 0.15) is 117 Å². The first-order valence-corrected chi connectivity index (χ1v) is 21.5. The molecule has 0 radical (unpaired) electrons. The topological polar surface area (TPSA) is 200 Å². The molecule has 2 saturated heterocycles. The number of amides is 4. The Morgan fingerprint density at radius 1 is 0.982 bits per heavy atom. The summed E-state index contributed by atoms with van der Waals surface area (Å²) in [6, 6.07) is 13.9. The number of hydrogen-bond acceptors (Lipinski definition) is 10. The Labute approximate surface area is 338 Å². The summed E-state index contributed by atoms with van der Waals surface area (Å²) in [5.41, 5.74) is 13.7. The van der Waals surface area contributed by atoms with Crippen molar-refractivity contribution >= 4 is 52.7 Å². The maximum absolute atomic E-state index is 13.3. The number of nitrogens with two attached hydrogens (primary N) is 2. The van der Waals surface area contributed by atoms with Crippen molar-refractivity contribution in [3.63, 3.8) is 0 Å². The van der Waals surface area contributed by atoms with Gasteiger partial charge in [-0.1, -0.05) is 51.0 Å². The number of anilines is 2. The molecule has 3 aliphatic heterocycles. The summed E-state index contributed by atoms with van der Waals surface area (Å²) >= 11 is 1.96. The van der Waals surface area contributed by atoms with Crippen molar-refractivity contribution < 1.29 is 28.7 Å². The molecule has 304 valence electrons. The maximum Gasteiger partial charge on any atom is 0.267 e. The average molecular weight is 798 g/mol. The Morgan fingerprint density at radius 3 is 2.49 bits per heavy atom. The third-order valence-corrected chi connectivity index (χ3v) is 12.7. The van der Waals surface area contributed by atoms with Crippen molar-refractivity contribution in [1.29, 1.82) is 0 Å². The van der Waals surface area contributed by atoms with Crippen LogP contribution in [0.2, 0.25) is 0 Å². The molecule has 1 aromatic heterocycles. The van der Waals surface area contributed by atoms with Gasteiger partial charge in [-0.2, -0.15) is 11.8 Å². The number of nitrogens with zero attached hydrogens (tertiary/aromatic N) is 3. The minimum atomic E-state index is -0.755. The van der Waals surface area contributed by atoms with E-state index in [-0.39, 0.29) is 53.3 Å². The molecule has 4 amide bonds. The van der Waals surface area contributed by atoms with Crippen LogP contribution >= 0.6 is 11.8 Å². The molecule has 6 rings (SSSR count). The van der Waals surface area contributed by atoms with E-state index in [2.05, 4.69) is 20.6 Å². The van der Waals surface area contributed by atoms with Crippen LogP contribution in [0.15, 0.2) is 48.5 Å². The SMILES string of the molecule is CCOc1ccc(-c2nc(C(N)=O)c3c(n2)N(c2cccc(C(=O)NCCCCCCCCCC(N)C(=O)CCCC[C@@H]4SC[C@@H]5NC(=O)C[C@@H]54)c2)C(=O)C3)cc1. The van der Waals surface area contributed by atoms with E-state index < -0.39 is 5.91 Å². The highest BCUT2D eigenvalue weighted by Gasteiger charge is 2.42. The second-order valence-corrected chi connectivity index (χ2v) is 16.5. The molecule has 13 nitrogen and oxygen atoms in total. The first kappa shape index (κ1) is 41.8. The third-order valence-electron chi connectivity index (χ3n) is 11.1. The smallest absolute Gasteiger partial charge is 0.267 e. The van der Waals surface area contributed by atoms with Gasteiger partial charge in [0, 0.05) is 59.0 Å². The van der Waals surface area contributed by atoms with E-state index in [4.69, 9.17) is 16.2 Å². The molecule has 0 aliphatic carbocycles. The zero-order chi connectivity index (χ0) is 40.3. The number of primary amides is 1. The Morgan fingerprint density at radius 2 is 1.74 bits per heavy atom. The maximum atomic E-state index is 13.3. The summed E-state index contributed by atoms with van der Waals surface area (Å²) in [6.07, 6.45) is 11.8. The molecule has 4 heterocycles. The van der Waals surface area contributed by atoms with Crippen LogP contribution in [-0.2, 0) is 20.8 Å². The summed E-state index contributed by atoms with van der Waals surface area (Å²) in [7, 11) is 0. The minimum absolute atomic E-state index is 0.0121. The summed E-state index contributed by atoms with van der Waals surface area (Å²) in [5, 5.41) is 6.60. The zero-order valence-electron chi connectivity index (χ0n) is 32.8. The van der Waals surface area contributed by atoms with Gasteiger partial charge in [0.25, 0.3) is 11.8 Å². The molecule has 3 aromatic rings. The number of carbonyl (C=O) groups excluding carboxylic acids is 5. The Balaban J connectivity index is 0.876. The van der Waals surface area contributed by atoms with Crippen LogP contribution in [0.3, 0.4) is 0 Å². The predicted molar refractivity (Wildman–Crippen MR) is 221 cm³/mol. The van der Waals surface area contributed by atoms with Crippen molar-refractivity contribution in [1.82, 2.24) is 20.6 Å². The molecular weight excluding hydrogens is 743 g/mol. The van der Waals surface area contributed by atoms with Gasteiger partial charge in [0.1, 0.15) is 23.0 Å². The lowest BCUT2D eigenvalue weighted by molar-refractivity contribution is -0.121. The molecule has 0 bridgehead atoms. The first-order valence-electron chi connectivity index (χ1n) is 20.5. The van der Waals surface area contributed by atoms with Crippen LogP contribution in [0.25, 0.3) is 11.4 Å². The number of ether oxygens (including phenoxy) is 1. The number of ketones is 1. The van der Waals surface area contributed by atoms with Crippen molar-refractivity contribution in [3.8, 4) is 17.1 Å².